The summed E-state index contributed by atoms with van der Waals surface area (Å²) in [6, 6.07) is 0. The molecule has 0 bridgehead atoms. The van der Waals surface area contributed by atoms with Gasteiger partial charge in [-0.1, -0.05) is 256 Å². The molecule has 0 saturated heterocycles. The Morgan fingerprint density at radius 3 is 0.789 bits per heavy atom. The fourth-order valence-electron chi connectivity index (χ4n) is 9.05. The zero-order valence-corrected chi connectivity index (χ0v) is 47.5. The van der Waals surface area contributed by atoms with Gasteiger partial charge in [0.2, 0.25) is 0 Å². The van der Waals surface area contributed by atoms with Crippen molar-refractivity contribution >= 4 is 17.9 Å². The summed E-state index contributed by atoms with van der Waals surface area (Å²) in [6.45, 7) is 6.65. The van der Waals surface area contributed by atoms with E-state index in [1.54, 1.807) is 0 Å². The van der Waals surface area contributed by atoms with E-state index in [4.69, 9.17) is 14.2 Å². The SMILES string of the molecule is CCCCCCC/C=C\C/C=C\CCCCCCCCCCCC(=O)OCC(COC(=O)CCCCCCC/C=C\CCCCCCCCC)OC(=O)CCCCCCC/C=C\CCCCCCCCC. The van der Waals surface area contributed by atoms with E-state index in [0.29, 0.717) is 19.3 Å². The lowest BCUT2D eigenvalue weighted by atomic mass is 10.1. The van der Waals surface area contributed by atoms with Gasteiger partial charge in [-0.05, 0) is 103 Å². The number of hydrogen-bond acceptors (Lipinski definition) is 6. The summed E-state index contributed by atoms with van der Waals surface area (Å²) < 4.78 is 16.9. The molecule has 0 aromatic heterocycles. The second-order valence-electron chi connectivity index (χ2n) is 21.0. The highest BCUT2D eigenvalue weighted by molar-refractivity contribution is 5.71. The van der Waals surface area contributed by atoms with Gasteiger partial charge >= 0.3 is 17.9 Å². The van der Waals surface area contributed by atoms with Gasteiger partial charge in [-0.2, -0.15) is 0 Å². The Bertz CT molecular complexity index is 1230. The standard InChI is InChI=1S/C65H118O6/c1-4-7-10-13-16-19-22-25-28-31-32-33-34-35-38-40-43-46-49-52-55-58-64(67)70-61-62(71-65(68)59-56-53-50-47-44-41-37-30-27-24-21-18-15-12-9-6-3)60-69-63(66)57-54-51-48-45-42-39-36-29-26-23-20-17-14-11-8-5-2/h22,25,29-32,36-37,62H,4-21,23-24,26-28,33-35,38-61H2,1-3H3/b25-22-,32-31-,36-29-,37-30-. The van der Waals surface area contributed by atoms with Crippen molar-refractivity contribution in [3.8, 4) is 0 Å². The zero-order chi connectivity index (χ0) is 51.4. The molecule has 0 aromatic rings. The molecule has 71 heavy (non-hydrogen) atoms. The molecule has 0 aliphatic heterocycles. The van der Waals surface area contributed by atoms with E-state index < -0.39 is 6.10 Å². The van der Waals surface area contributed by atoms with Crippen LogP contribution in [0.1, 0.15) is 329 Å². The lowest BCUT2D eigenvalue weighted by molar-refractivity contribution is -0.167. The van der Waals surface area contributed by atoms with Gasteiger partial charge < -0.3 is 14.2 Å². The molecule has 0 aromatic carbocycles. The van der Waals surface area contributed by atoms with Gasteiger partial charge in [-0.15, -0.1) is 0 Å². The largest absolute Gasteiger partial charge is 0.462 e. The van der Waals surface area contributed by atoms with Gasteiger partial charge in [0.25, 0.3) is 0 Å². The highest BCUT2D eigenvalue weighted by atomic mass is 16.6. The maximum absolute atomic E-state index is 12.9. The third kappa shape index (κ3) is 58.1. The highest BCUT2D eigenvalue weighted by Crippen LogP contribution is 2.16. The summed E-state index contributed by atoms with van der Waals surface area (Å²) >= 11 is 0. The van der Waals surface area contributed by atoms with E-state index in [2.05, 4.69) is 69.4 Å². The lowest BCUT2D eigenvalue weighted by Crippen LogP contribution is -2.30. The number of allylic oxidation sites excluding steroid dienone is 8. The van der Waals surface area contributed by atoms with Crippen LogP contribution in [0.15, 0.2) is 48.6 Å². The zero-order valence-electron chi connectivity index (χ0n) is 47.5. The molecule has 6 nitrogen and oxygen atoms in total. The van der Waals surface area contributed by atoms with Crippen LogP contribution in [0.3, 0.4) is 0 Å². The molecule has 6 heteroatoms. The Morgan fingerprint density at radius 2 is 0.507 bits per heavy atom. The fourth-order valence-corrected chi connectivity index (χ4v) is 9.05. The van der Waals surface area contributed by atoms with Crippen molar-refractivity contribution in [2.24, 2.45) is 0 Å². The molecule has 0 amide bonds. The molecule has 0 aliphatic rings. The van der Waals surface area contributed by atoms with Gasteiger partial charge in [0.05, 0.1) is 0 Å². The Kier molecular flexibility index (Phi) is 57.7. The van der Waals surface area contributed by atoms with Crippen LogP contribution < -0.4 is 0 Å². The molecule has 1 atom stereocenters. The molecule has 0 radical (unpaired) electrons. The van der Waals surface area contributed by atoms with Crippen LogP contribution in [0.5, 0.6) is 0 Å². The number of rotatable bonds is 57. The van der Waals surface area contributed by atoms with Crippen molar-refractivity contribution in [2.45, 2.75) is 335 Å². The Balaban J connectivity index is 4.36. The summed E-state index contributed by atoms with van der Waals surface area (Å²) in [6.07, 6.45) is 73.9. The molecule has 1 unspecified atom stereocenters. The lowest BCUT2D eigenvalue weighted by Gasteiger charge is -2.18. The quantitative estimate of drug-likeness (QED) is 0.0261. The molecule has 414 valence electrons. The summed E-state index contributed by atoms with van der Waals surface area (Å²) in [5, 5.41) is 0. The van der Waals surface area contributed by atoms with Crippen LogP contribution in [0.2, 0.25) is 0 Å². The number of esters is 3. The number of ether oxygens (including phenoxy) is 3. The van der Waals surface area contributed by atoms with E-state index >= 15 is 0 Å². The molecule has 0 spiro atoms. The minimum atomic E-state index is -0.782. The van der Waals surface area contributed by atoms with E-state index in [1.807, 2.05) is 0 Å². The van der Waals surface area contributed by atoms with E-state index in [9.17, 15) is 14.4 Å². The Labute approximate surface area is 441 Å². The fraction of sp³-hybridized carbons (Fsp3) is 0.831. The van der Waals surface area contributed by atoms with Gasteiger partial charge in [0, 0.05) is 19.3 Å². The molecule has 0 fully saturated rings. The van der Waals surface area contributed by atoms with Crippen LogP contribution in [-0.2, 0) is 28.6 Å². The first-order valence-electron chi connectivity index (χ1n) is 31.1. The maximum atomic E-state index is 12.9. The average Bonchev–Trinajstić information content (AvgIpc) is 3.37. The predicted octanol–water partition coefficient (Wildman–Crippen LogP) is 21.0. The molecule has 0 N–H and O–H groups in total. The van der Waals surface area contributed by atoms with E-state index in [1.165, 1.54) is 212 Å². The van der Waals surface area contributed by atoms with Crippen LogP contribution >= 0.6 is 0 Å². The predicted molar refractivity (Wildman–Crippen MR) is 307 cm³/mol. The number of hydrogen-bond donors (Lipinski definition) is 0. The van der Waals surface area contributed by atoms with Crippen molar-refractivity contribution in [3.63, 3.8) is 0 Å². The molecular weight excluding hydrogens is 877 g/mol. The minimum absolute atomic E-state index is 0.0794. The second kappa shape index (κ2) is 59.9. The first-order valence-corrected chi connectivity index (χ1v) is 31.1. The third-order valence-corrected chi connectivity index (χ3v) is 13.8. The number of carbonyl (C=O) groups excluding carboxylic acids is 3. The first-order chi connectivity index (χ1) is 35.0. The second-order valence-corrected chi connectivity index (χ2v) is 21.0. The van der Waals surface area contributed by atoms with Crippen molar-refractivity contribution < 1.29 is 28.6 Å². The van der Waals surface area contributed by atoms with Crippen LogP contribution in [-0.4, -0.2) is 37.2 Å². The van der Waals surface area contributed by atoms with Crippen LogP contribution in [0.25, 0.3) is 0 Å². The monoisotopic (exact) mass is 995 g/mol. The first kappa shape index (κ1) is 68.4. The molecular formula is C65H118O6. The van der Waals surface area contributed by atoms with Crippen molar-refractivity contribution in [1.82, 2.24) is 0 Å². The number of unbranched alkanes of at least 4 members (excludes halogenated alkanes) is 38. The average molecular weight is 996 g/mol. The van der Waals surface area contributed by atoms with Gasteiger partial charge in [-0.3, -0.25) is 14.4 Å². The van der Waals surface area contributed by atoms with Crippen LogP contribution in [0.4, 0.5) is 0 Å². The normalized spacial score (nSPS) is 12.3. The summed E-state index contributed by atoms with van der Waals surface area (Å²) in [5.74, 6) is -0.883. The summed E-state index contributed by atoms with van der Waals surface area (Å²) in [5.41, 5.74) is 0. The summed E-state index contributed by atoms with van der Waals surface area (Å²) in [4.78, 5) is 38.3. The topological polar surface area (TPSA) is 78.9 Å². The molecule has 0 saturated carbocycles. The molecule has 0 aliphatic carbocycles. The number of carbonyl (C=O) groups is 3. The Morgan fingerprint density at radius 1 is 0.282 bits per heavy atom. The summed E-state index contributed by atoms with van der Waals surface area (Å²) in [7, 11) is 0. The molecule has 0 heterocycles. The van der Waals surface area contributed by atoms with Gasteiger partial charge in [0.1, 0.15) is 13.2 Å². The minimum Gasteiger partial charge on any atom is -0.462 e. The van der Waals surface area contributed by atoms with Crippen molar-refractivity contribution in [3.05, 3.63) is 48.6 Å². The van der Waals surface area contributed by atoms with Gasteiger partial charge in [-0.25, -0.2) is 0 Å². The maximum Gasteiger partial charge on any atom is 0.306 e. The highest BCUT2D eigenvalue weighted by Gasteiger charge is 2.19. The third-order valence-electron chi connectivity index (χ3n) is 13.8. The van der Waals surface area contributed by atoms with Crippen molar-refractivity contribution in [1.29, 1.82) is 0 Å². The van der Waals surface area contributed by atoms with E-state index in [-0.39, 0.29) is 31.1 Å². The molecule has 0 rings (SSSR count). The van der Waals surface area contributed by atoms with Crippen LogP contribution in [0, 0.1) is 0 Å². The smallest absolute Gasteiger partial charge is 0.306 e. The van der Waals surface area contributed by atoms with Gasteiger partial charge in [0.15, 0.2) is 6.10 Å². The van der Waals surface area contributed by atoms with Crippen molar-refractivity contribution in [2.75, 3.05) is 13.2 Å². The van der Waals surface area contributed by atoms with E-state index in [0.717, 1.165) is 77.0 Å². The Hall–Kier alpha value is -2.63.